The fourth-order valence-electron chi connectivity index (χ4n) is 2.11. The van der Waals surface area contributed by atoms with Crippen molar-refractivity contribution in [3.05, 3.63) is 34.5 Å². The minimum atomic E-state index is 0. The van der Waals surface area contributed by atoms with Gasteiger partial charge in [-0.15, -0.1) is 45.5 Å². The molecule has 6 nitrogen and oxygen atoms in total. The van der Waals surface area contributed by atoms with E-state index in [-0.39, 0.29) is 24.0 Å². The number of nitrogens with zero attached hydrogens (tertiary/aromatic N) is 4. The Labute approximate surface area is 158 Å². The van der Waals surface area contributed by atoms with E-state index in [1.54, 1.807) is 17.7 Å². The van der Waals surface area contributed by atoms with Gasteiger partial charge in [0.05, 0.1) is 0 Å². The first-order valence-electron chi connectivity index (χ1n) is 7.74. The Morgan fingerprint density at radius 2 is 2.22 bits per heavy atom. The predicted octanol–water partition coefficient (Wildman–Crippen LogP) is 2.32. The topological polar surface area (TPSA) is 67.1 Å². The van der Waals surface area contributed by atoms with Crippen LogP contribution in [0.3, 0.4) is 0 Å². The van der Waals surface area contributed by atoms with Crippen LogP contribution in [-0.4, -0.2) is 40.4 Å². The van der Waals surface area contributed by atoms with Crippen LogP contribution >= 0.6 is 35.3 Å². The molecule has 2 heterocycles. The van der Waals surface area contributed by atoms with E-state index in [4.69, 9.17) is 0 Å². The van der Waals surface area contributed by atoms with Gasteiger partial charge in [0.1, 0.15) is 12.2 Å². The number of rotatable bonds is 8. The van der Waals surface area contributed by atoms with Gasteiger partial charge >= 0.3 is 0 Å². The average molecular weight is 448 g/mol. The molecule has 0 unspecified atom stereocenters. The van der Waals surface area contributed by atoms with Crippen molar-refractivity contribution < 1.29 is 0 Å². The molecule has 2 aromatic rings. The quantitative estimate of drug-likeness (QED) is 0.370. The van der Waals surface area contributed by atoms with Crippen LogP contribution in [0.2, 0.25) is 0 Å². The van der Waals surface area contributed by atoms with Crippen LogP contribution in [0.5, 0.6) is 0 Å². The van der Waals surface area contributed by atoms with Gasteiger partial charge in [0.2, 0.25) is 0 Å². The summed E-state index contributed by atoms with van der Waals surface area (Å²) in [6, 6.07) is 4.23. The molecule has 0 bridgehead atoms. The molecule has 0 saturated heterocycles. The summed E-state index contributed by atoms with van der Waals surface area (Å²) < 4.78 is 2.07. The first-order chi connectivity index (χ1) is 10.8. The number of hydrogen-bond acceptors (Lipinski definition) is 4. The summed E-state index contributed by atoms with van der Waals surface area (Å²) >= 11 is 1.78. The van der Waals surface area contributed by atoms with Crippen molar-refractivity contribution in [3.8, 4) is 0 Å². The summed E-state index contributed by atoms with van der Waals surface area (Å²) in [5.74, 6) is 1.88. The van der Waals surface area contributed by atoms with E-state index >= 15 is 0 Å². The molecule has 0 aromatic carbocycles. The molecule has 2 rings (SSSR count). The number of guanidine groups is 1. The molecular formula is C15H25IN6S. The summed E-state index contributed by atoms with van der Waals surface area (Å²) in [5.41, 5.74) is 0. The Morgan fingerprint density at radius 3 is 2.91 bits per heavy atom. The van der Waals surface area contributed by atoms with E-state index in [0.29, 0.717) is 0 Å². The Kier molecular flexibility index (Phi) is 9.85. The standard InChI is InChI=1S/C15H24N6S.HI/c1-3-14-20-19-12-21(14)10-9-18-15(16-4-2)17-8-7-13-6-5-11-22-13;/h5-6,11-12H,3-4,7-10H2,1-2H3,(H2,16,17,18);1H. The van der Waals surface area contributed by atoms with Crippen LogP contribution in [0.25, 0.3) is 0 Å². The van der Waals surface area contributed by atoms with Crippen molar-refractivity contribution in [2.75, 3.05) is 19.6 Å². The van der Waals surface area contributed by atoms with Crippen molar-refractivity contribution in [2.24, 2.45) is 4.99 Å². The lowest BCUT2D eigenvalue weighted by Gasteiger charge is -2.12. The molecule has 0 spiro atoms. The summed E-state index contributed by atoms with van der Waals surface area (Å²) in [4.78, 5) is 5.98. The maximum absolute atomic E-state index is 4.61. The van der Waals surface area contributed by atoms with Crippen LogP contribution in [0, 0.1) is 0 Å². The summed E-state index contributed by atoms with van der Waals surface area (Å²) in [5, 5.41) is 16.8. The van der Waals surface area contributed by atoms with Crippen molar-refractivity contribution >= 4 is 41.3 Å². The highest BCUT2D eigenvalue weighted by molar-refractivity contribution is 14.0. The van der Waals surface area contributed by atoms with Crippen LogP contribution in [-0.2, 0) is 19.4 Å². The minimum absolute atomic E-state index is 0. The molecule has 0 fully saturated rings. The number of nitrogens with one attached hydrogen (secondary N) is 2. The first-order valence-corrected chi connectivity index (χ1v) is 8.62. The zero-order chi connectivity index (χ0) is 15.6. The molecule has 23 heavy (non-hydrogen) atoms. The monoisotopic (exact) mass is 448 g/mol. The Hall–Kier alpha value is -1.16. The fraction of sp³-hybridized carbons (Fsp3) is 0.533. The minimum Gasteiger partial charge on any atom is -0.357 e. The van der Waals surface area contributed by atoms with Crippen LogP contribution < -0.4 is 10.6 Å². The van der Waals surface area contributed by atoms with Crippen molar-refractivity contribution in [1.29, 1.82) is 0 Å². The predicted molar refractivity (Wildman–Crippen MR) is 107 cm³/mol. The van der Waals surface area contributed by atoms with E-state index in [0.717, 1.165) is 50.8 Å². The van der Waals surface area contributed by atoms with E-state index in [1.165, 1.54) is 4.88 Å². The molecular weight excluding hydrogens is 423 g/mol. The maximum Gasteiger partial charge on any atom is 0.191 e. The Balaban J connectivity index is 0.00000264. The largest absolute Gasteiger partial charge is 0.357 e. The fourth-order valence-corrected chi connectivity index (χ4v) is 2.81. The van der Waals surface area contributed by atoms with Gasteiger partial charge in [-0.1, -0.05) is 13.0 Å². The highest BCUT2D eigenvalue weighted by atomic mass is 127. The number of aromatic nitrogens is 3. The van der Waals surface area contributed by atoms with E-state index < -0.39 is 0 Å². The van der Waals surface area contributed by atoms with Gasteiger partial charge in [0.15, 0.2) is 5.96 Å². The normalized spacial score (nSPS) is 11.1. The molecule has 0 radical (unpaired) electrons. The maximum atomic E-state index is 4.61. The van der Waals surface area contributed by atoms with Crippen molar-refractivity contribution in [3.63, 3.8) is 0 Å². The first kappa shape index (κ1) is 19.9. The number of hydrogen-bond donors (Lipinski definition) is 2. The van der Waals surface area contributed by atoms with Crippen molar-refractivity contribution in [1.82, 2.24) is 25.4 Å². The second-order valence-electron chi connectivity index (χ2n) is 4.81. The second kappa shape index (κ2) is 11.4. The second-order valence-corrected chi connectivity index (χ2v) is 5.84. The van der Waals surface area contributed by atoms with Crippen molar-refractivity contribution in [2.45, 2.75) is 33.2 Å². The van der Waals surface area contributed by atoms with Gasteiger partial charge in [0.25, 0.3) is 0 Å². The van der Waals surface area contributed by atoms with Crippen LogP contribution in [0.15, 0.2) is 28.8 Å². The van der Waals surface area contributed by atoms with Gasteiger partial charge in [-0.25, -0.2) is 0 Å². The molecule has 0 atom stereocenters. The average Bonchev–Trinajstić information content (AvgIpc) is 3.18. The molecule has 0 saturated carbocycles. The third-order valence-electron chi connectivity index (χ3n) is 3.21. The molecule has 2 N–H and O–H groups in total. The lowest BCUT2D eigenvalue weighted by atomic mass is 10.3. The summed E-state index contributed by atoms with van der Waals surface area (Å²) in [6.07, 6.45) is 3.66. The zero-order valence-electron chi connectivity index (χ0n) is 13.7. The smallest absolute Gasteiger partial charge is 0.191 e. The summed E-state index contributed by atoms with van der Waals surface area (Å²) in [6.45, 7) is 7.46. The number of aliphatic imine (C=N–C) groups is 1. The van der Waals surface area contributed by atoms with Gasteiger partial charge < -0.3 is 15.2 Å². The molecule has 8 heteroatoms. The molecule has 2 aromatic heterocycles. The molecule has 0 aliphatic carbocycles. The van der Waals surface area contributed by atoms with Crippen LogP contribution in [0.1, 0.15) is 24.5 Å². The number of aryl methyl sites for hydroxylation is 1. The lowest BCUT2D eigenvalue weighted by molar-refractivity contribution is 0.632. The third kappa shape index (κ3) is 6.86. The number of thiophene rings is 1. The zero-order valence-corrected chi connectivity index (χ0v) is 16.8. The third-order valence-corrected chi connectivity index (χ3v) is 4.15. The van der Waals surface area contributed by atoms with Gasteiger partial charge in [-0.3, -0.25) is 4.99 Å². The highest BCUT2D eigenvalue weighted by Gasteiger charge is 2.02. The molecule has 0 aliphatic heterocycles. The van der Waals surface area contributed by atoms with E-state index in [2.05, 4.69) is 61.8 Å². The molecule has 0 aliphatic rings. The van der Waals surface area contributed by atoms with E-state index in [9.17, 15) is 0 Å². The van der Waals surface area contributed by atoms with Gasteiger partial charge in [-0.2, -0.15) is 0 Å². The Morgan fingerprint density at radius 1 is 1.35 bits per heavy atom. The van der Waals surface area contributed by atoms with Gasteiger partial charge in [0, 0.05) is 43.9 Å². The molecule has 0 amide bonds. The Bertz CT molecular complexity index is 566. The molecule has 128 valence electrons. The number of halogens is 1. The highest BCUT2D eigenvalue weighted by Crippen LogP contribution is 2.08. The van der Waals surface area contributed by atoms with Gasteiger partial charge in [-0.05, 0) is 18.4 Å². The lowest BCUT2D eigenvalue weighted by Crippen LogP contribution is -2.39. The summed E-state index contributed by atoms with van der Waals surface area (Å²) in [7, 11) is 0. The SMILES string of the molecule is CCNC(=NCCc1cccs1)NCCn1cnnc1CC.I. The van der Waals surface area contributed by atoms with E-state index in [1.807, 2.05) is 0 Å². The van der Waals surface area contributed by atoms with Crippen LogP contribution in [0.4, 0.5) is 0 Å².